The number of rotatable bonds is 6. The summed E-state index contributed by atoms with van der Waals surface area (Å²) in [6, 6.07) is 12.4. The summed E-state index contributed by atoms with van der Waals surface area (Å²) in [6.45, 7) is 6.19. The van der Waals surface area contributed by atoms with Crippen LogP contribution in [-0.4, -0.2) is 36.0 Å². The molecule has 0 atom stereocenters. The molecule has 0 bridgehead atoms. The van der Waals surface area contributed by atoms with Crippen molar-refractivity contribution in [2.45, 2.75) is 39.3 Å². The molecular formula is C22H25NO7. The van der Waals surface area contributed by atoms with Crippen LogP contribution in [0.2, 0.25) is 0 Å². The molecule has 0 aromatic heterocycles. The summed E-state index contributed by atoms with van der Waals surface area (Å²) in [4.78, 5) is 24.0. The third-order valence-corrected chi connectivity index (χ3v) is 4.13. The van der Waals surface area contributed by atoms with Crippen molar-refractivity contribution in [1.29, 1.82) is 0 Å². The smallest absolute Gasteiger partial charge is 0.412 e. The van der Waals surface area contributed by atoms with Crippen LogP contribution >= 0.6 is 0 Å². The van der Waals surface area contributed by atoms with Crippen molar-refractivity contribution < 1.29 is 33.6 Å². The van der Waals surface area contributed by atoms with E-state index >= 15 is 0 Å². The van der Waals surface area contributed by atoms with Crippen LogP contribution in [0.1, 0.15) is 48.5 Å². The van der Waals surface area contributed by atoms with Gasteiger partial charge in [0.2, 0.25) is 0 Å². The van der Waals surface area contributed by atoms with E-state index in [9.17, 15) is 14.7 Å². The Morgan fingerprint density at radius 2 is 1.80 bits per heavy atom. The minimum atomic E-state index is -1.21. The number of carboxylic acids is 1. The van der Waals surface area contributed by atoms with Crippen molar-refractivity contribution in [3.8, 4) is 5.75 Å². The molecule has 1 amide bonds. The van der Waals surface area contributed by atoms with Crippen LogP contribution in [0.15, 0.2) is 42.5 Å². The van der Waals surface area contributed by atoms with Gasteiger partial charge in [0.1, 0.15) is 18.0 Å². The summed E-state index contributed by atoms with van der Waals surface area (Å²) in [5.41, 5.74) is 0.575. The maximum absolute atomic E-state index is 12.2. The minimum absolute atomic E-state index is 0.0570. The number of nitrogens with one attached hydrogen (secondary N) is 1. The molecule has 1 fully saturated rings. The van der Waals surface area contributed by atoms with Crippen LogP contribution in [-0.2, 0) is 20.8 Å². The highest BCUT2D eigenvalue weighted by Gasteiger charge is 2.27. The van der Waals surface area contributed by atoms with Crippen molar-refractivity contribution >= 4 is 17.7 Å². The maximum Gasteiger partial charge on any atom is 0.412 e. The van der Waals surface area contributed by atoms with Gasteiger partial charge in [-0.3, -0.25) is 5.32 Å². The van der Waals surface area contributed by atoms with Gasteiger partial charge in [0.05, 0.1) is 30.0 Å². The van der Waals surface area contributed by atoms with E-state index < -0.39 is 24.0 Å². The molecule has 0 saturated carbocycles. The van der Waals surface area contributed by atoms with E-state index in [2.05, 4.69) is 5.32 Å². The molecule has 0 aliphatic carbocycles. The maximum atomic E-state index is 12.2. The quantitative estimate of drug-likeness (QED) is 0.723. The Kier molecular flexibility index (Phi) is 6.59. The lowest BCUT2D eigenvalue weighted by molar-refractivity contribution is -0.0458. The summed E-state index contributed by atoms with van der Waals surface area (Å²) in [7, 11) is 0. The molecule has 2 aromatic carbocycles. The van der Waals surface area contributed by atoms with E-state index in [-0.39, 0.29) is 17.9 Å². The van der Waals surface area contributed by atoms with Crippen molar-refractivity contribution in [3.63, 3.8) is 0 Å². The largest absolute Gasteiger partial charge is 0.488 e. The fourth-order valence-corrected chi connectivity index (χ4v) is 2.87. The summed E-state index contributed by atoms with van der Waals surface area (Å²) in [5, 5.41) is 12.2. The van der Waals surface area contributed by atoms with Crippen LogP contribution < -0.4 is 10.1 Å². The normalized spacial score (nSPS) is 14.4. The first-order chi connectivity index (χ1) is 14.2. The van der Waals surface area contributed by atoms with Gasteiger partial charge in [0.15, 0.2) is 6.29 Å². The lowest BCUT2D eigenvalue weighted by atomic mass is 10.1. The molecule has 1 aliphatic rings. The van der Waals surface area contributed by atoms with Gasteiger partial charge >= 0.3 is 12.1 Å². The fraction of sp³-hybridized carbons (Fsp3) is 0.364. The summed E-state index contributed by atoms with van der Waals surface area (Å²) in [6.07, 6.45) is -1.51. The second kappa shape index (κ2) is 9.15. The first-order valence-electron chi connectivity index (χ1n) is 9.54. The number of anilines is 1. The molecule has 0 unspecified atom stereocenters. The van der Waals surface area contributed by atoms with Gasteiger partial charge in [0, 0.05) is 6.07 Å². The van der Waals surface area contributed by atoms with Crippen LogP contribution in [0.3, 0.4) is 0 Å². The number of ether oxygens (including phenoxy) is 4. The van der Waals surface area contributed by atoms with Crippen molar-refractivity contribution in [1.82, 2.24) is 0 Å². The number of carbonyl (C=O) groups is 2. The van der Waals surface area contributed by atoms with Gasteiger partial charge < -0.3 is 24.1 Å². The molecule has 1 heterocycles. The molecule has 0 radical (unpaired) electrons. The topological polar surface area (TPSA) is 103 Å². The number of benzene rings is 2. The summed E-state index contributed by atoms with van der Waals surface area (Å²) < 4.78 is 22.3. The third kappa shape index (κ3) is 5.71. The average Bonchev–Trinajstić information content (AvgIpc) is 3.20. The van der Waals surface area contributed by atoms with E-state index in [0.29, 0.717) is 24.5 Å². The highest BCUT2D eigenvalue weighted by Crippen LogP contribution is 2.36. The van der Waals surface area contributed by atoms with Crippen molar-refractivity contribution in [3.05, 3.63) is 59.2 Å². The zero-order valence-corrected chi connectivity index (χ0v) is 17.1. The van der Waals surface area contributed by atoms with Crippen LogP contribution in [0.5, 0.6) is 5.75 Å². The Morgan fingerprint density at radius 1 is 1.13 bits per heavy atom. The van der Waals surface area contributed by atoms with Crippen molar-refractivity contribution in [2.24, 2.45) is 0 Å². The van der Waals surface area contributed by atoms with E-state index in [1.54, 1.807) is 20.8 Å². The Morgan fingerprint density at radius 3 is 2.40 bits per heavy atom. The molecule has 1 saturated heterocycles. The van der Waals surface area contributed by atoms with Gasteiger partial charge in [0.25, 0.3) is 0 Å². The fourth-order valence-electron chi connectivity index (χ4n) is 2.87. The first kappa shape index (κ1) is 21.6. The molecule has 8 nitrogen and oxygen atoms in total. The Labute approximate surface area is 174 Å². The van der Waals surface area contributed by atoms with Crippen molar-refractivity contribution in [2.75, 3.05) is 18.5 Å². The second-order valence-corrected chi connectivity index (χ2v) is 7.72. The molecule has 2 N–H and O–H groups in total. The Bertz CT molecular complexity index is 900. The number of carboxylic acid groups (broad SMARTS) is 1. The average molecular weight is 415 g/mol. The van der Waals surface area contributed by atoms with Gasteiger partial charge in [-0.25, -0.2) is 9.59 Å². The molecule has 160 valence electrons. The van der Waals surface area contributed by atoms with Gasteiger partial charge in [-0.05, 0) is 32.4 Å². The number of amides is 1. The number of carbonyl (C=O) groups excluding carboxylic acids is 1. The molecule has 2 aromatic rings. The molecule has 30 heavy (non-hydrogen) atoms. The zero-order chi connectivity index (χ0) is 21.7. The third-order valence-electron chi connectivity index (χ3n) is 4.13. The number of hydrogen-bond acceptors (Lipinski definition) is 6. The summed E-state index contributed by atoms with van der Waals surface area (Å²) >= 11 is 0. The minimum Gasteiger partial charge on any atom is -0.488 e. The molecule has 3 rings (SSSR count). The SMILES string of the molecule is CC(C)(C)OC(=O)Nc1cc(OCc2ccccc2)c(C2OCCO2)cc1C(=O)O. The molecule has 1 aliphatic heterocycles. The van der Waals surface area contributed by atoms with Crippen LogP contribution in [0.25, 0.3) is 0 Å². The van der Waals surface area contributed by atoms with E-state index in [4.69, 9.17) is 18.9 Å². The Hall–Kier alpha value is -3.10. The standard InChI is InChI=1S/C22H25NO7/c1-22(2,3)30-21(26)23-17-12-18(29-13-14-7-5-4-6-8-14)16(11-15(17)19(24)25)20-27-9-10-28-20/h4-8,11-12,20H,9-10,13H2,1-3H3,(H,23,26)(H,24,25). The number of hydrogen-bond donors (Lipinski definition) is 2. The lowest BCUT2D eigenvalue weighted by Crippen LogP contribution is -2.28. The highest BCUT2D eigenvalue weighted by molar-refractivity contribution is 5.99. The van der Waals surface area contributed by atoms with Gasteiger partial charge in [-0.2, -0.15) is 0 Å². The predicted molar refractivity (Wildman–Crippen MR) is 109 cm³/mol. The van der Waals surface area contributed by atoms with E-state index in [1.807, 2.05) is 30.3 Å². The van der Waals surface area contributed by atoms with Gasteiger partial charge in [-0.1, -0.05) is 30.3 Å². The first-order valence-corrected chi connectivity index (χ1v) is 9.54. The monoisotopic (exact) mass is 415 g/mol. The molecule has 0 spiro atoms. The zero-order valence-electron chi connectivity index (χ0n) is 17.1. The van der Waals surface area contributed by atoms with E-state index in [0.717, 1.165) is 5.56 Å². The second-order valence-electron chi connectivity index (χ2n) is 7.72. The lowest BCUT2D eigenvalue weighted by Gasteiger charge is -2.22. The number of aromatic carboxylic acids is 1. The Balaban J connectivity index is 1.94. The highest BCUT2D eigenvalue weighted by atomic mass is 16.7. The van der Waals surface area contributed by atoms with Crippen LogP contribution in [0, 0.1) is 0 Å². The molecule has 8 heteroatoms. The van der Waals surface area contributed by atoms with Crippen LogP contribution in [0.4, 0.5) is 10.5 Å². The van der Waals surface area contributed by atoms with E-state index in [1.165, 1.54) is 12.1 Å². The van der Waals surface area contributed by atoms with Gasteiger partial charge in [-0.15, -0.1) is 0 Å². The summed E-state index contributed by atoms with van der Waals surface area (Å²) in [5.74, 6) is -0.864. The molecular weight excluding hydrogens is 390 g/mol. The predicted octanol–water partition coefficient (Wildman–Crippen LogP) is 4.36.